The molecule has 2 aromatic rings. The highest BCUT2D eigenvalue weighted by atomic mass is 19.4. The molecule has 21 heavy (non-hydrogen) atoms. The number of alkyl halides is 3. The number of rotatable bonds is 3. The van der Waals surface area contributed by atoms with Crippen molar-refractivity contribution >= 4 is 0 Å². The maximum absolute atomic E-state index is 14.0. The van der Waals surface area contributed by atoms with Gasteiger partial charge >= 0.3 is 6.36 Å². The molecule has 0 unspecified atom stereocenters. The van der Waals surface area contributed by atoms with Crippen LogP contribution in [-0.2, 0) is 6.42 Å². The van der Waals surface area contributed by atoms with E-state index >= 15 is 0 Å². The molecule has 6 heteroatoms. The fourth-order valence-electron chi connectivity index (χ4n) is 1.85. The minimum atomic E-state index is -4.80. The van der Waals surface area contributed by atoms with Crippen molar-refractivity contribution < 1.29 is 22.3 Å². The highest BCUT2D eigenvalue weighted by Gasteiger charge is 2.31. The Labute approximate surface area is 118 Å². The molecule has 2 aromatic carbocycles. The zero-order valence-corrected chi connectivity index (χ0v) is 10.6. The molecule has 0 radical (unpaired) electrons. The van der Waals surface area contributed by atoms with Gasteiger partial charge in [0.05, 0.1) is 12.5 Å². The summed E-state index contributed by atoms with van der Waals surface area (Å²) in [6, 6.07) is 11.1. The molecule has 108 valence electrons. The van der Waals surface area contributed by atoms with Crippen LogP contribution < -0.4 is 4.74 Å². The summed E-state index contributed by atoms with van der Waals surface area (Å²) in [6.07, 6.45) is -4.73. The van der Waals surface area contributed by atoms with E-state index in [9.17, 15) is 17.6 Å². The van der Waals surface area contributed by atoms with Crippen LogP contribution in [0.4, 0.5) is 17.6 Å². The van der Waals surface area contributed by atoms with E-state index in [4.69, 9.17) is 5.26 Å². The molecular weight excluding hydrogens is 286 g/mol. The highest BCUT2D eigenvalue weighted by molar-refractivity contribution is 5.66. The summed E-state index contributed by atoms with van der Waals surface area (Å²) in [5.74, 6) is -1.02. The van der Waals surface area contributed by atoms with Crippen LogP contribution in [0.5, 0.6) is 5.75 Å². The second-order valence-electron chi connectivity index (χ2n) is 4.22. The molecule has 0 aliphatic carbocycles. The van der Waals surface area contributed by atoms with E-state index in [-0.39, 0.29) is 17.5 Å². The monoisotopic (exact) mass is 295 g/mol. The van der Waals surface area contributed by atoms with Crippen molar-refractivity contribution in [2.24, 2.45) is 0 Å². The normalized spacial score (nSPS) is 11.0. The van der Waals surface area contributed by atoms with Crippen LogP contribution in [0.2, 0.25) is 0 Å². The number of benzene rings is 2. The third-order valence-electron chi connectivity index (χ3n) is 2.70. The summed E-state index contributed by atoms with van der Waals surface area (Å²) in [6.45, 7) is 0. The standard InChI is InChI=1S/C15H9F4NO/c16-14-8-10(6-7-20)4-5-13(14)11-2-1-3-12(9-11)21-15(17,18)19/h1-5,8-9H,6H2. The number of hydrogen-bond acceptors (Lipinski definition) is 2. The summed E-state index contributed by atoms with van der Waals surface area (Å²) in [7, 11) is 0. The van der Waals surface area contributed by atoms with Crippen molar-refractivity contribution in [1.82, 2.24) is 0 Å². The van der Waals surface area contributed by atoms with E-state index < -0.39 is 17.9 Å². The first-order valence-corrected chi connectivity index (χ1v) is 5.90. The van der Waals surface area contributed by atoms with Crippen LogP contribution in [0, 0.1) is 17.1 Å². The molecule has 0 amide bonds. The topological polar surface area (TPSA) is 33.0 Å². The van der Waals surface area contributed by atoms with Crippen molar-refractivity contribution in [1.29, 1.82) is 5.26 Å². The van der Waals surface area contributed by atoms with Gasteiger partial charge in [0, 0.05) is 5.56 Å². The summed E-state index contributed by atoms with van der Waals surface area (Å²) >= 11 is 0. The Morgan fingerprint density at radius 1 is 1.10 bits per heavy atom. The Bertz CT molecular complexity index is 689. The van der Waals surface area contributed by atoms with Crippen LogP contribution in [0.1, 0.15) is 5.56 Å². The second kappa shape index (κ2) is 5.83. The first-order chi connectivity index (χ1) is 9.89. The molecule has 0 bridgehead atoms. The SMILES string of the molecule is N#CCc1ccc(-c2cccc(OC(F)(F)F)c2)c(F)c1. The van der Waals surface area contributed by atoms with Crippen molar-refractivity contribution in [2.45, 2.75) is 12.8 Å². The van der Waals surface area contributed by atoms with Gasteiger partial charge in [-0.1, -0.05) is 24.3 Å². The van der Waals surface area contributed by atoms with Gasteiger partial charge in [-0.3, -0.25) is 0 Å². The van der Waals surface area contributed by atoms with Gasteiger partial charge in [0.15, 0.2) is 0 Å². The van der Waals surface area contributed by atoms with Crippen LogP contribution in [0.25, 0.3) is 11.1 Å². The van der Waals surface area contributed by atoms with E-state index in [1.807, 2.05) is 6.07 Å². The van der Waals surface area contributed by atoms with Gasteiger partial charge in [-0.05, 0) is 29.3 Å². The number of nitriles is 1. The van der Waals surface area contributed by atoms with E-state index in [1.165, 1.54) is 24.3 Å². The molecule has 0 aliphatic heterocycles. The molecule has 0 atom stereocenters. The van der Waals surface area contributed by atoms with E-state index in [2.05, 4.69) is 4.74 Å². The average Bonchev–Trinajstić information content (AvgIpc) is 2.37. The van der Waals surface area contributed by atoms with Gasteiger partial charge in [0.2, 0.25) is 0 Å². The Morgan fingerprint density at radius 2 is 1.86 bits per heavy atom. The lowest BCUT2D eigenvalue weighted by atomic mass is 10.0. The minimum Gasteiger partial charge on any atom is -0.406 e. The van der Waals surface area contributed by atoms with E-state index in [0.29, 0.717) is 5.56 Å². The number of nitrogens with zero attached hydrogens (tertiary/aromatic N) is 1. The van der Waals surface area contributed by atoms with Crippen LogP contribution >= 0.6 is 0 Å². The third kappa shape index (κ3) is 3.96. The van der Waals surface area contributed by atoms with Crippen LogP contribution in [0.15, 0.2) is 42.5 Å². The first kappa shape index (κ1) is 14.9. The predicted molar refractivity (Wildman–Crippen MR) is 67.8 cm³/mol. The van der Waals surface area contributed by atoms with Crippen molar-refractivity contribution in [3.63, 3.8) is 0 Å². The van der Waals surface area contributed by atoms with Gasteiger partial charge in [-0.2, -0.15) is 5.26 Å². The van der Waals surface area contributed by atoms with E-state index in [0.717, 1.165) is 12.1 Å². The molecular formula is C15H9F4NO. The van der Waals surface area contributed by atoms with Crippen molar-refractivity contribution in [2.75, 3.05) is 0 Å². The predicted octanol–water partition coefficient (Wildman–Crippen LogP) is 4.46. The molecule has 0 heterocycles. The molecule has 0 spiro atoms. The Balaban J connectivity index is 2.34. The average molecular weight is 295 g/mol. The smallest absolute Gasteiger partial charge is 0.406 e. The summed E-state index contributed by atoms with van der Waals surface area (Å²) in [5, 5.41) is 8.55. The Morgan fingerprint density at radius 3 is 2.48 bits per heavy atom. The number of halogens is 4. The quantitative estimate of drug-likeness (QED) is 0.783. The molecule has 0 saturated heterocycles. The fourth-order valence-corrected chi connectivity index (χ4v) is 1.85. The van der Waals surface area contributed by atoms with Gasteiger partial charge in [-0.25, -0.2) is 4.39 Å². The minimum absolute atomic E-state index is 0.0639. The van der Waals surface area contributed by atoms with Crippen molar-refractivity contribution in [3.05, 3.63) is 53.8 Å². The third-order valence-corrected chi connectivity index (χ3v) is 2.70. The highest BCUT2D eigenvalue weighted by Crippen LogP contribution is 2.29. The van der Waals surface area contributed by atoms with Gasteiger partial charge in [0.25, 0.3) is 0 Å². The zero-order valence-electron chi connectivity index (χ0n) is 10.6. The Kier molecular flexibility index (Phi) is 4.13. The van der Waals surface area contributed by atoms with Gasteiger partial charge < -0.3 is 4.74 Å². The zero-order chi connectivity index (χ0) is 15.5. The first-order valence-electron chi connectivity index (χ1n) is 5.90. The maximum atomic E-state index is 14.0. The number of ether oxygens (including phenoxy) is 1. The lowest BCUT2D eigenvalue weighted by Crippen LogP contribution is -2.17. The summed E-state index contributed by atoms with van der Waals surface area (Å²) < 4.78 is 54.3. The molecule has 0 aliphatic rings. The fraction of sp³-hybridized carbons (Fsp3) is 0.133. The summed E-state index contributed by atoms with van der Waals surface area (Å²) in [4.78, 5) is 0. The molecule has 0 saturated carbocycles. The lowest BCUT2D eigenvalue weighted by Gasteiger charge is -2.10. The van der Waals surface area contributed by atoms with Crippen molar-refractivity contribution in [3.8, 4) is 22.9 Å². The molecule has 2 nitrogen and oxygen atoms in total. The molecule has 0 N–H and O–H groups in total. The van der Waals surface area contributed by atoms with Gasteiger partial charge in [0.1, 0.15) is 11.6 Å². The number of hydrogen-bond donors (Lipinski definition) is 0. The van der Waals surface area contributed by atoms with E-state index in [1.54, 1.807) is 6.07 Å². The summed E-state index contributed by atoms with van der Waals surface area (Å²) in [5.41, 5.74) is 0.906. The molecule has 0 aromatic heterocycles. The lowest BCUT2D eigenvalue weighted by molar-refractivity contribution is -0.274. The molecule has 2 rings (SSSR count). The maximum Gasteiger partial charge on any atom is 0.573 e. The largest absolute Gasteiger partial charge is 0.573 e. The molecule has 0 fully saturated rings. The van der Waals surface area contributed by atoms with Gasteiger partial charge in [-0.15, -0.1) is 13.2 Å². The Hall–Kier alpha value is -2.55. The second-order valence-corrected chi connectivity index (χ2v) is 4.22. The van der Waals surface area contributed by atoms with Crippen LogP contribution in [-0.4, -0.2) is 6.36 Å². The van der Waals surface area contributed by atoms with Crippen LogP contribution in [0.3, 0.4) is 0 Å².